The van der Waals surface area contributed by atoms with Crippen LogP contribution in [0.2, 0.25) is 0 Å². The van der Waals surface area contributed by atoms with Gasteiger partial charge >= 0.3 is 0 Å². The first-order valence-electron chi connectivity index (χ1n) is 6.79. The summed E-state index contributed by atoms with van der Waals surface area (Å²) in [4.78, 5) is 10.4. The third-order valence-electron chi connectivity index (χ3n) is 2.99. The summed E-state index contributed by atoms with van der Waals surface area (Å²) in [6.07, 6.45) is 0. The molecule has 2 rings (SSSR count). The Morgan fingerprint density at radius 1 is 1.24 bits per heavy atom. The predicted molar refractivity (Wildman–Crippen MR) is 98.6 cm³/mol. The Balaban J connectivity index is 2.23. The van der Waals surface area contributed by atoms with Crippen molar-refractivity contribution in [1.29, 1.82) is 0 Å². The summed E-state index contributed by atoms with van der Waals surface area (Å²) in [5.41, 5.74) is 8.30. The van der Waals surface area contributed by atoms with Crippen LogP contribution in [0.3, 0.4) is 0 Å². The first-order chi connectivity index (χ1) is 9.77. The Bertz CT molecular complexity index is 650. The van der Waals surface area contributed by atoms with Crippen LogP contribution in [0.4, 0.5) is 5.82 Å². The minimum atomic E-state index is -0.0314. The molecule has 0 atom stereocenters. The summed E-state index contributed by atoms with van der Waals surface area (Å²) < 4.78 is 0.962. The topological polar surface area (TPSA) is 51.8 Å². The molecule has 3 nitrogen and oxygen atoms in total. The molecule has 0 saturated heterocycles. The molecule has 5 heteroatoms. The second-order valence-corrected chi connectivity index (χ2v) is 8.17. The molecule has 1 aromatic heterocycles. The van der Waals surface area contributed by atoms with Crippen molar-refractivity contribution in [1.82, 2.24) is 9.97 Å². The molecule has 0 aliphatic heterocycles. The maximum atomic E-state index is 6.04. The largest absolute Gasteiger partial charge is 0.383 e. The highest BCUT2D eigenvalue weighted by Crippen LogP contribution is 2.29. The van der Waals surface area contributed by atoms with Crippen molar-refractivity contribution < 1.29 is 0 Å². The molecule has 0 radical (unpaired) electrons. The number of halogens is 1. The van der Waals surface area contributed by atoms with Crippen LogP contribution in [0.25, 0.3) is 0 Å². The standard InChI is InChI=1S/C16H20IN3S/c1-10-6-5-7-11(8-10)21-9-12-19-14(16(2,3)4)13(17)15(18)20-12/h5-8H,9H2,1-4H3,(H2,18,19,20). The zero-order chi connectivity index (χ0) is 15.6. The number of benzene rings is 1. The lowest BCUT2D eigenvalue weighted by Crippen LogP contribution is -2.19. The summed E-state index contributed by atoms with van der Waals surface area (Å²) in [5, 5.41) is 0. The van der Waals surface area contributed by atoms with Gasteiger partial charge in [0.2, 0.25) is 0 Å². The lowest BCUT2D eigenvalue weighted by Gasteiger charge is -2.20. The molecule has 2 N–H and O–H groups in total. The number of hydrogen-bond acceptors (Lipinski definition) is 4. The van der Waals surface area contributed by atoms with Crippen LogP contribution >= 0.6 is 34.4 Å². The van der Waals surface area contributed by atoms with Gasteiger partial charge in [-0.25, -0.2) is 9.97 Å². The van der Waals surface area contributed by atoms with E-state index in [9.17, 15) is 0 Å². The van der Waals surface area contributed by atoms with Crippen LogP contribution in [0.5, 0.6) is 0 Å². The van der Waals surface area contributed by atoms with Gasteiger partial charge in [-0.3, -0.25) is 0 Å². The van der Waals surface area contributed by atoms with E-state index in [2.05, 4.69) is 79.5 Å². The van der Waals surface area contributed by atoms with Crippen LogP contribution < -0.4 is 5.73 Å². The number of anilines is 1. The number of thioether (sulfide) groups is 1. The summed E-state index contributed by atoms with van der Waals surface area (Å²) in [6.45, 7) is 8.54. The van der Waals surface area contributed by atoms with Gasteiger partial charge in [-0.15, -0.1) is 11.8 Å². The van der Waals surface area contributed by atoms with E-state index in [0.29, 0.717) is 5.82 Å². The first kappa shape index (κ1) is 16.5. The maximum absolute atomic E-state index is 6.04. The Labute approximate surface area is 144 Å². The van der Waals surface area contributed by atoms with E-state index in [-0.39, 0.29) is 5.41 Å². The Morgan fingerprint density at radius 3 is 2.57 bits per heavy atom. The van der Waals surface area contributed by atoms with Gasteiger partial charge in [-0.2, -0.15) is 0 Å². The molecule has 0 saturated carbocycles. The normalized spacial score (nSPS) is 11.7. The van der Waals surface area contributed by atoms with Gasteiger partial charge < -0.3 is 5.73 Å². The quantitative estimate of drug-likeness (QED) is 0.592. The van der Waals surface area contributed by atoms with Crippen molar-refractivity contribution in [3.63, 3.8) is 0 Å². The molecule has 0 unspecified atom stereocenters. The molecule has 0 spiro atoms. The lowest BCUT2D eigenvalue weighted by atomic mass is 9.92. The van der Waals surface area contributed by atoms with Crippen molar-refractivity contribution in [3.05, 3.63) is 44.9 Å². The Morgan fingerprint density at radius 2 is 1.95 bits per heavy atom. The van der Waals surface area contributed by atoms with E-state index in [0.717, 1.165) is 20.8 Å². The third-order valence-corrected chi connectivity index (χ3v) is 5.04. The monoisotopic (exact) mass is 413 g/mol. The summed E-state index contributed by atoms with van der Waals surface area (Å²) in [6, 6.07) is 8.45. The number of aromatic nitrogens is 2. The minimum Gasteiger partial charge on any atom is -0.383 e. The van der Waals surface area contributed by atoms with E-state index in [4.69, 9.17) is 10.7 Å². The number of rotatable bonds is 3. The van der Waals surface area contributed by atoms with Crippen LogP contribution in [-0.4, -0.2) is 9.97 Å². The van der Waals surface area contributed by atoms with Crippen LogP contribution in [0, 0.1) is 10.5 Å². The van der Waals surface area contributed by atoms with Gasteiger partial charge in [0.05, 0.1) is 15.0 Å². The summed E-state index contributed by atoms with van der Waals surface area (Å²) in [5.74, 6) is 2.10. The average molecular weight is 413 g/mol. The van der Waals surface area contributed by atoms with Gasteiger partial charge in [-0.1, -0.05) is 38.5 Å². The number of aryl methyl sites for hydroxylation is 1. The van der Waals surface area contributed by atoms with Crippen molar-refractivity contribution in [2.45, 2.75) is 43.8 Å². The van der Waals surface area contributed by atoms with E-state index in [1.807, 2.05) is 0 Å². The average Bonchev–Trinajstić information content (AvgIpc) is 2.38. The Hall–Kier alpha value is -0.820. The molecule has 112 valence electrons. The first-order valence-corrected chi connectivity index (χ1v) is 8.85. The van der Waals surface area contributed by atoms with Crippen molar-refractivity contribution in [3.8, 4) is 0 Å². The highest BCUT2D eigenvalue weighted by Gasteiger charge is 2.22. The second-order valence-electron chi connectivity index (χ2n) is 6.04. The molecule has 0 fully saturated rings. The van der Waals surface area contributed by atoms with E-state index in [1.165, 1.54) is 10.5 Å². The van der Waals surface area contributed by atoms with E-state index >= 15 is 0 Å². The van der Waals surface area contributed by atoms with Crippen LogP contribution in [-0.2, 0) is 11.2 Å². The highest BCUT2D eigenvalue weighted by atomic mass is 127. The van der Waals surface area contributed by atoms with Crippen molar-refractivity contribution in [2.75, 3.05) is 5.73 Å². The molecule has 0 bridgehead atoms. The fraction of sp³-hybridized carbons (Fsp3) is 0.375. The van der Waals surface area contributed by atoms with Crippen molar-refractivity contribution >= 4 is 40.2 Å². The highest BCUT2D eigenvalue weighted by molar-refractivity contribution is 14.1. The van der Waals surface area contributed by atoms with E-state index in [1.54, 1.807) is 11.8 Å². The summed E-state index contributed by atoms with van der Waals surface area (Å²) >= 11 is 3.97. The zero-order valence-corrected chi connectivity index (χ0v) is 15.7. The SMILES string of the molecule is Cc1cccc(SCc2nc(N)c(I)c(C(C)(C)C)n2)c1. The zero-order valence-electron chi connectivity index (χ0n) is 12.8. The van der Waals surface area contributed by atoms with Crippen molar-refractivity contribution in [2.24, 2.45) is 0 Å². The van der Waals surface area contributed by atoms with Crippen LogP contribution in [0.15, 0.2) is 29.2 Å². The number of nitrogen functional groups attached to an aromatic ring is 1. The Kier molecular flexibility index (Phi) is 5.14. The fourth-order valence-electron chi connectivity index (χ4n) is 1.93. The third kappa shape index (κ3) is 4.32. The number of nitrogens with zero attached hydrogens (tertiary/aromatic N) is 2. The van der Waals surface area contributed by atoms with Gasteiger partial charge in [0.1, 0.15) is 11.6 Å². The molecule has 0 aliphatic rings. The van der Waals surface area contributed by atoms with Gasteiger partial charge in [0, 0.05) is 10.3 Å². The molecule has 1 heterocycles. The van der Waals surface area contributed by atoms with Gasteiger partial charge in [0.15, 0.2) is 0 Å². The predicted octanol–water partition coefficient (Wildman–Crippen LogP) is 4.56. The molecular weight excluding hydrogens is 393 g/mol. The maximum Gasteiger partial charge on any atom is 0.141 e. The van der Waals surface area contributed by atoms with E-state index < -0.39 is 0 Å². The van der Waals surface area contributed by atoms with Gasteiger partial charge in [0.25, 0.3) is 0 Å². The molecule has 1 aromatic carbocycles. The summed E-state index contributed by atoms with van der Waals surface area (Å²) in [7, 11) is 0. The number of nitrogens with two attached hydrogens (primary N) is 1. The molecule has 0 aliphatic carbocycles. The fourth-order valence-corrected chi connectivity index (χ4v) is 3.85. The molecular formula is C16H20IN3S. The van der Waals surface area contributed by atoms with Gasteiger partial charge in [-0.05, 0) is 41.6 Å². The molecule has 2 aromatic rings. The molecule has 21 heavy (non-hydrogen) atoms. The molecule has 0 amide bonds. The smallest absolute Gasteiger partial charge is 0.141 e. The second kappa shape index (κ2) is 6.52. The number of hydrogen-bond donors (Lipinski definition) is 1. The lowest BCUT2D eigenvalue weighted by molar-refractivity contribution is 0.560. The van der Waals surface area contributed by atoms with Crippen LogP contribution in [0.1, 0.15) is 37.9 Å². The minimum absolute atomic E-state index is 0.0314.